The molecule has 14 heavy (non-hydrogen) atoms. The lowest BCUT2D eigenvalue weighted by Crippen LogP contribution is -2.26. The minimum atomic E-state index is -3.51. The number of hydrogen-bond acceptors (Lipinski definition) is 4. The van der Waals surface area contributed by atoms with Crippen molar-refractivity contribution in [2.75, 3.05) is 12.3 Å². The van der Waals surface area contributed by atoms with Crippen LogP contribution in [0.4, 0.5) is 5.82 Å². The standard InChI is InChI=1S/C7H14N4O2S/c1-3-4-10-14(12,13)7-6(8)9-5-11(7)2/h5,10H,3-4,8H2,1-2H3. The number of nitrogen functional groups attached to an aromatic ring is 1. The van der Waals surface area contributed by atoms with Crippen LogP contribution in [-0.2, 0) is 17.1 Å². The molecule has 7 heteroatoms. The molecule has 80 valence electrons. The molecule has 1 aromatic rings. The zero-order chi connectivity index (χ0) is 10.8. The van der Waals surface area contributed by atoms with Crippen LogP contribution in [-0.4, -0.2) is 24.5 Å². The van der Waals surface area contributed by atoms with Crippen LogP contribution in [0.3, 0.4) is 0 Å². The number of imidazole rings is 1. The Labute approximate surface area is 83.2 Å². The number of aromatic nitrogens is 2. The summed E-state index contributed by atoms with van der Waals surface area (Å²) in [5.41, 5.74) is 5.45. The van der Waals surface area contributed by atoms with E-state index in [1.807, 2.05) is 6.92 Å². The van der Waals surface area contributed by atoms with Crippen molar-refractivity contribution in [1.82, 2.24) is 14.3 Å². The van der Waals surface area contributed by atoms with Crippen molar-refractivity contribution >= 4 is 15.8 Å². The molecule has 3 N–H and O–H groups in total. The number of nitrogens with zero attached hydrogens (tertiary/aromatic N) is 2. The van der Waals surface area contributed by atoms with Gasteiger partial charge >= 0.3 is 0 Å². The highest BCUT2D eigenvalue weighted by Gasteiger charge is 2.21. The summed E-state index contributed by atoms with van der Waals surface area (Å²) >= 11 is 0. The lowest BCUT2D eigenvalue weighted by Gasteiger charge is -2.06. The summed E-state index contributed by atoms with van der Waals surface area (Å²) < 4.78 is 27.1. The molecule has 0 aromatic carbocycles. The van der Waals surface area contributed by atoms with Crippen LogP contribution in [0.15, 0.2) is 11.4 Å². The summed E-state index contributed by atoms with van der Waals surface area (Å²) in [6.07, 6.45) is 2.10. The molecule has 1 aromatic heterocycles. The van der Waals surface area contributed by atoms with Crippen LogP contribution in [0, 0.1) is 0 Å². The fourth-order valence-electron chi connectivity index (χ4n) is 1.07. The number of anilines is 1. The fraction of sp³-hybridized carbons (Fsp3) is 0.571. The molecule has 0 fully saturated rings. The summed E-state index contributed by atoms with van der Waals surface area (Å²) in [5, 5.41) is 0.0194. The van der Waals surface area contributed by atoms with Gasteiger partial charge in [0.2, 0.25) is 0 Å². The number of nitrogens with two attached hydrogens (primary N) is 1. The van der Waals surface area contributed by atoms with Crippen molar-refractivity contribution < 1.29 is 8.42 Å². The summed E-state index contributed by atoms with van der Waals surface area (Å²) in [7, 11) is -1.93. The van der Waals surface area contributed by atoms with Crippen LogP contribution >= 0.6 is 0 Å². The van der Waals surface area contributed by atoms with E-state index >= 15 is 0 Å². The van der Waals surface area contributed by atoms with Crippen molar-refractivity contribution in [1.29, 1.82) is 0 Å². The van der Waals surface area contributed by atoms with Gasteiger partial charge in [-0.1, -0.05) is 6.92 Å². The lowest BCUT2D eigenvalue weighted by atomic mass is 10.5. The van der Waals surface area contributed by atoms with Crippen molar-refractivity contribution in [3.8, 4) is 0 Å². The zero-order valence-corrected chi connectivity index (χ0v) is 9.00. The molecule has 1 heterocycles. The molecule has 0 aliphatic heterocycles. The molecular formula is C7H14N4O2S. The first-order chi connectivity index (χ1) is 6.49. The van der Waals surface area contributed by atoms with Gasteiger partial charge in [-0.25, -0.2) is 18.1 Å². The van der Waals surface area contributed by atoms with Crippen LogP contribution in [0.2, 0.25) is 0 Å². The van der Waals surface area contributed by atoms with Crippen LogP contribution in [0.25, 0.3) is 0 Å². The Kier molecular flexibility index (Phi) is 3.12. The van der Waals surface area contributed by atoms with E-state index in [0.717, 1.165) is 6.42 Å². The topological polar surface area (TPSA) is 90.0 Å². The second kappa shape index (κ2) is 3.97. The van der Waals surface area contributed by atoms with Crippen LogP contribution in [0.1, 0.15) is 13.3 Å². The fourth-order valence-corrected chi connectivity index (χ4v) is 2.43. The smallest absolute Gasteiger partial charge is 0.260 e. The molecule has 0 atom stereocenters. The second-order valence-corrected chi connectivity index (χ2v) is 4.63. The van der Waals surface area contributed by atoms with Crippen LogP contribution < -0.4 is 10.5 Å². The first-order valence-electron chi connectivity index (χ1n) is 4.25. The average Bonchev–Trinajstić information content (AvgIpc) is 2.43. The Morgan fingerprint density at radius 2 is 2.29 bits per heavy atom. The van der Waals surface area contributed by atoms with E-state index in [-0.39, 0.29) is 10.8 Å². The Bertz CT molecular complexity index is 390. The van der Waals surface area contributed by atoms with Gasteiger partial charge in [-0.15, -0.1) is 0 Å². The van der Waals surface area contributed by atoms with Crippen molar-refractivity contribution in [3.63, 3.8) is 0 Å². The molecule has 0 saturated carbocycles. The highest BCUT2D eigenvalue weighted by atomic mass is 32.2. The maximum Gasteiger partial charge on any atom is 0.260 e. The van der Waals surface area contributed by atoms with Crippen molar-refractivity contribution in [2.45, 2.75) is 18.4 Å². The van der Waals surface area contributed by atoms with Gasteiger partial charge in [-0.3, -0.25) is 0 Å². The SMILES string of the molecule is CCCNS(=O)(=O)c1c(N)ncn1C. The van der Waals surface area contributed by atoms with Crippen molar-refractivity contribution in [3.05, 3.63) is 6.33 Å². The molecule has 0 spiro atoms. The Morgan fingerprint density at radius 3 is 2.71 bits per heavy atom. The van der Waals surface area contributed by atoms with E-state index < -0.39 is 10.0 Å². The van der Waals surface area contributed by atoms with Gasteiger partial charge in [0.15, 0.2) is 10.8 Å². The quantitative estimate of drug-likeness (QED) is 0.725. The number of hydrogen-bond donors (Lipinski definition) is 2. The maximum absolute atomic E-state index is 11.6. The van der Waals surface area contributed by atoms with E-state index in [2.05, 4.69) is 9.71 Å². The summed E-state index contributed by atoms with van der Waals surface area (Å²) in [5.74, 6) is 0.0242. The monoisotopic (exact) mass is 218 g/mol. The van der Waals surface area contributed by atoms with E-state index in [4.69, 9.17) is 5.73 Å². The predicted octanol–water partition coefficient (Wildman–Crippen LogP) is -0.309. The van der Waals surface area contributed by atoms with Gasteiger partial charge in [0.1, 0.15) is 0 Å². The number of sulfonamides is 1. The largest absolute Gasteiger partial charge is 0.381 e. The molecule has 6 nitrogen and oxygen atoms in total. The third-order valence-corrected chi connectivity index (χ3v) is 3.30. The third kappa shape index (κ3) is 2.05. The number of nitrogens with one attached hydrogen (secondary N) is 1. The van der Waals surface area contributed by atoms with Crippen molar-refractivity contribution in [2.24, 2.45) is 7.05 Å². The molecule has 0 saturated heterocycles. The van der Waals surface area contributed by atoms with E-state index in [1.165, 1.54) is 10.9 Å². The van der Waals surface area contributed by atoms with Gasteiger partial charge in [-0.2, -0.15) is 0 Å². The summed E-state index contributed by atoms with van der Waals surface area (Å²) in [6.45, 7) is 2.28. The average molecular weight is 218 g/mol. The van der Waals surface area contributed by atoms with Gasteiger partial charge in [-0.05, 0) is 6.42 Å². The minimum absolute atomic E-state index is 0.0194. The van der Waals surface area contributed by atoms with E-state index in [9.17, 15) is 8.42 Å². The second-order valence-electron chi connectivity index (χ2n) is 2.94. The highest BCUT2D eigenvalue weighted by Crippen LogP contribution is 2.14. The Hall–Kier alpha value is -1.08. The minimum Gasteiger partial charge on any atom is -0.381 e. The third-order valence-electron chi connectivity index (χ3n) is 1.71. The van der Waals surface area contributed by atoms with Gasteiger partial charge in [0.25, 0.3) is 10.0 Å². The molecule has 0 bridgehead atoms. The van der Waals surface area contributed by atoms with Crippen LogP contribution in [0.5, 0.6) is 0 Å². The van der Waals surface area contributed by atoms with E-state index in [1.54, 1.807) is 7.05 Å². The number of aryl methyl sites for hydroxylation is 1. The first kappa shape index (κ1) is 11.0. The highest BCUT2D eigenvalue weighted by molar-refractivity contribution is 7.89. The normalized spacial score (nSPS) is 11.9. The maximum atomic E-state index is 11.6. The molecule has 0 aliphatic rings. The summed E-state index contributed by atoms with van der Waals surface area (Å²) in [6, 6.07) is 0. The van der Waals surface area contributed by atoms with E-state index in [0.29, 0.717) is 6.54 Å². The Morgan fingerprint density at radius 1 is 1.64 bits per heavy atom. The molecule has 0 aliphatic carbocycles. The van der Waals surface area contributed by atoms with Gasteiger partial charge in [0.05, 0.1) is 6.33 Å². The number of rotatable bonds is 4. The molecule has 0 amide bonds. The van der Waals surface area contributed by atoms with Gasteiger partial charge in [0, 0.05) is 13.6 Å². The first-order valence-corrected chi connectivity index (χ1v) is 5.73. The molecular weight excluding hydrogens is 204 g/mol. The lowest BCUT2D eigenvalue weighted by molar-refractivity contribution is 0.571. The zero-order valence-electron chi connectivity index (χ0n) is 8.19. The van der Waals surface area contributed by atoms with Gasteiger partial charge < -0.3 is 10.3 Å². The summed E-state index contributed by atoms with van der Waals surface area (Å²) in [4.78, 5) is 3.71. The molecule has 1 rings (SSSR count). The molecule has 0 unspecified atom stereocenters. The Balaban J connectivity index is 3.04. The molecule has 0 radical (unpaired) electrons. The predicted molar refractivity (Wildman–Crippen MR) is 53.1 cm³/mol.